The second kappa shape index (κ2) is 6.07. The van der Waals surface area contributed by atoms with E-state index >= 15 is 0 Å². The molecule has 1 heterocycles. The maximum Gasteiger partial charge on any atom is 0.161 e. The molecule has 1 unspecified atom stereocenters. The lowest BCUT2D eigenvalue weighted by Crippen LogP contribution is -2.24. The summed E-state index contributed by atoms with van der Waals surface area (Å²) < 4.78 is 11.1. The van der Waals surface area contributed by atoms with E-state index in [9.17, 15) is 0 Å². The zero-order valence-electron chi connectivity index (χ0n) is 11.2. The molecule has 1 aromatic carbocycles. The molecule has 0 radical (unpaired) electrons. The summed E-state index contributed by atoms with van der Waals surface area (Å²) in [6.07, 6.45) is 0.990. The summed E-state index contributed by atoms with van der Waals surface area (Å²) in [5, 5.41) is 3.40. The van der Waals surface area contributed by atoms with Crippen LogP contribution in [0.5, 0.6) is 11.5 Å². The number of hydrogen-bond acceptors (Lipinski definition) is 4. The standard InChI is InChI=1S/C14H22N2O2/c1-10-7-13-14(18-6-5-17-13)8-12(10)9-16-4-3-11(2)15/h7-8,11,16H,3-6,9,15H2,1-2H3. The Hall–Kier alpha value is -1.26. The van der Waals surface area contributed by atoms with E-state index in [1.165, 1.54) is 11.1 Å². The van der Waals surface area contributed by atoms with Crippen molar-refractivity contribution >= 4 is 0 Å². The van der Waals surface area contributed by atoms with Gasteiger partial charge in [-0.15, -0.1) is 0 Å². The summed E-state index contributed by atoms with van der Waals surface area (Å²) in [4.78, 5) is 0. The molecule has 18 heavy (non-hydrogen) atoms. The SMILES string of the molecule is Cc1cc2c(cc1CNCCC(C)N)OCCO2. The summed E-state index contributed by atoms with van der Waals surface area (Å²) in [7, 11) is 0. The highest BCUT2D eigenvalue weighted by Gasteiger charge is 2.13. The number of rotatable bonds is 5. The van der Waals surface area contributed by atoms with Crippen molar-refractivity contribution in [2.75, 3.05) is 19.8 Å². The van der Waals surface area contributed by atoms with Crippen LogP contribution in [-0.2, 0) is 6.54 Å². The molecule has 0 bridgehead atoms. The predicted molar refractivity (Wildman–Crippen MR) is 72.1 cm³/mol. The summed E-state index contributed by atoms with van der Waals surface area (Å²) >= 11 is 0. The average Bonchev–Trinajstić information content (AvgIpc) is 2.34. The molecule has 0 spiro atoms. The van der Waals surface area contributed by atoms with Gasteiger partial charge in [0.1, 0.15) is 13.2 Å². The first-order valence-electron chi connectivity index (χ1n) is 6.52. The first-order valence-corrected chi connectivity index (χ1v) is 6.52. The molecule has 0 aromatic heterocycles. The third-order valence-corrected chi connectivity index (χ3v) is 3.09. The molecule has 4 nitrogen and oxygen atoms in total. The minimum atomic E-state index is 0.249. The van der Waals surface area contributed by atoms with Gasteiger partial charge in [-0.1, -0.05) is 0 Å². The monoisotopic (exact) mass is 250 g/mol. The van der Waals surface area contributed by atoms with Gasteiger partial charge in [-0.25, -0.2) is 0 Å². The molecule has 4 heteroatoms. The van der Waals surface area contributed by atoms with Crippen molar-refractivity contribution < 1.29 is 9.47 Å². The molecule has 2 rings (SSSR count). The Morgan fingerprint density at radius 3 is 2.61 bits per heavy atom. The molecule has 0 aliphatic carbocycles. The molecule has 3 N–H and O–H groups in total. The smallest absolute Gasteiger partial charge is 0.161 e. The molecule has 0 fully saturated rings. The Morgan fingerprint density at radius 1 is 1.28 bits per heavy atom. The summed E-state index contributed by atoms with van der Waals surface area (Å²) in [5.41, 5.74) is 8.20. The Labute approximate surface area is 108 Å². The van der Waals surface area contributed by atoms with Crippen LogP contribution in [0.15, 0.2) is 12.1 Å². The maximum absolute atomic E-state index is 5.72. The third kappa shape index (κ3) is 3.37. The Balaban J connectivity index is 1.95. The molecule has 0 amide bonds. The number of benzene rings is 1. The molecule has 100 valence electrons. The Morgan fingerprint density at radius 2 is 1.94 bits per heavy atom. The molecule has 1 aliphatic heterocycles. The fraction of sp³-hybridized carbons (Fsp3) is 0.571. The normalized spacial score (nSPS) is 15.5. The van der Waals surface area contributed by atoms with Crippen LogP contribution in [0.4, 0.5) is 0 Å². The number of aryl methyl sites for hydroxylation is 1. The van der Waals surface area contributed by atoms with Gasteiger partial charge in [0, 0.05) is 12.6 Å². The van der Waals surface area contributed by atoms with Crippen molar-refractivity contribution in [1.29, 1.82) is 0 Å². The van der Waals surface area contributed by atoms with Crippen LogP contribution in [0.25, 0.3) is 0 Å². The van der Waals surface area contributed by atoms with Crippen LogP contribution in [0, 0.1) is 6.92 Å². The first-order chi connectivity index (χ1) is 8.66. The van der Waals surface area contributed by atoms with E-state index in [2.05, 4.69) is 24.4 Å². The van der Waals surface area contributed by atoms with Crippen molar-refractivity contribution in [3.63, 3.8) is 0 Å². The van der Waals surface area contributed by atoms with Crippen LogP contribution in [0.3, 0.4) is 0 Å². The van der Waals surface area contributed by atoms with Crippen molar-refractivity contribution in [1.82, 2.24) is 5.32 Å². The van der Waals surface area contributed by atoms with Gasteiger partial charge in [-0.2, -0.15) is 0 Å². The topological polar surface area (TPSA) is 56.5 Å². The maximum atomic E-state index is 5.72. The Kier molecular flexibility index (Phi) is 4.44. The summed E-state index contributed by atoms with van der Waals surface area (Å²) in [5.74, 6) is 1.72. The van der Waals surface area contributed by atoms with E-state index < -0.39 is 0 Å². The fourth-order valence-electron chi connectivity index (χ4n) is 1.98. The van der Waals surface area contributed by atoms with Crippen LogP contribution in [-0.4, -0.2) is 25.8 Å². The molecule has 1 aromatic rings. The number of ether oxygens (including phenoxy) is 2. The highest BCUT2D eigenvalue weighted by atomic mass is 16.6. The lowest BCUT2D eigenvalue weighted by atomic mass is 10.1. The van der Waals surface area contributed by atoms with Crippen LogP contribution in [0.1, 0.15) is 24.5 Å². The quantitative estimate of drug-likeness (QED) is 0.779. The van der Waals surface area contributed by atoms with Gasteiger partial charge in [-0.3, -0.25) is 0 Å². The minimum absolute atomic E-state index is 0.249. The van der Waals surface area contributed by atoms with E-state index in [1.807, 2.05) is 6.92 Å². The molecular weight excluding hydrogens is 228 g/mol. The second-order valence-corrected chi connectivity index (χ2v) is 4.87. The number of nitrogens with two attached hydrogens (primary N) is 1. The zero-order valence-corrected chi connectivity index (χ0v) is 11.2. The number of hydrogen-bond donors (Lipinski definition) is 2. The second-order valence-electron chi connectivity index (χ2n) is 4.87. The van der Waals surface area contributed by atoms with E-state index in [0.717, 1.165) is 31.0 Å². The predicted octanol–water partition coefficient (Wildman–Crippen LogP) is 1.59. The van der Waals surface area contributed by atoms with Crippen LogP contribution in [0.2, 0.25) is 0 Å². The summed E-state index contributed by atoms with van der Waals surface area (Å²) in [6, 6.07) is 4.37. The van der Waals surface area contributed by atoms with Crippen molar-refractivity contribution in [3.05, 3.63) is 23.3 Å². The van der Waals surface area contributed by atoms with E-state index in [0.29, 0.717) is 13.2 Å². The fourth-order valence-corrected chi connectivity index (χ4v) is 1.98. The first kappa shape index (κ1) is 13.2. The van der Waals surface area contributed by atoms with Gasteiger partial charge in [0.25, 0.3) is 0 Å². The summed E-state index contributed by atoms with van der Waals surface area (Å²) in [6.45, 7) is 7.17. The molecular formula is C14H22N2O2. The lowest BCUT2D eigenvalue weighted by molar-refractivity contribution is 0.171. The van der Waals surface area contributed by atoms with E-state index in [4.69, 9.17) is 15.2 Å². The van der Waals surface area contributed by atoms with Crippen molar-refractivity contribution in [2.24, 2.45) is 5.73 Å². The zero-order chi connectivity index (χ0) is 13.0. The molecule has 0 saturated carbocycles. The van der Waals surface area contributed by atoms with Gasteiger partial charge >= 0.3 is 0 Å². The van der Waals surface area contributed by atoms with Crippen molar-refractivity contribution in [2.45, 2.75) is 32.9 Å². The molecule has 0 saturated heterocycles. The van der Waals surface area contributed by atoms with Gasteiger partial charge in [0.15, 0.2) is 11.5 Å². The Bertz CT molecular complexity index is 405. The highest BCUT2D eigenvalue weighted by molar-refractivity contribution is 5.47. The van der Waals surface area contributed by atoms with E-state index in [-0.39, 0.29) is 6.04 Å². The third-order valence-electron chi connectivity index (χ3n) is 3.09. The molecule has 1 aliphatic rings. The van der Waals surface area contributed by atoms with Crippen molar-refractivity contribution in [3.8, 4) is 11.5 Å². The van der Waals surface area contributed by atoms with Crippen LogP contribution >= 0.6 is 0 Å². The average molecular weight is 250 g/mol. The lowest BCUT2D eigenvalue weighted by Gasteiger charge is -2.20. The van der Waals surface area contributed by atoms with E-state index in [1.54, 1.807) is 0 Å². The largest absolute Gasteiger partial charge is 0.486 e. The van der Waals surface area contributed by atoms with Gasteiger partial charge in [-0.05, 0) is 50.1 Å². The number of nitrogens with one attached hydrogen (secondary N) is 1. The molecule has 1 atom stereocenters. The van der Waals surface area contributed by atoms with Gasteiger partial charge < -0.3 is 20.5 Å². The van der Waals surface area contributed by atoms with Gasteiger partial charge in [0.05, 0.1) is 0 Å². The van der Waals surface area contributed by atoms with Gasteiger partial charge in [0.2, 0.25) is 0 Å². The number of fused-ring (bicyclic) bond motifs is 1. The minimum Gasteiger partial charge on any atom is -0.486 e. The van der Waals surface area contributed by atoms with Crippen LogP contribution < -0.4 is 20.5 Å². The highest BCUT2D eigenvalue weighted by Crippen LogP contribution is 2.32.